The first-order valence-electron chi connectivity index (χ1n) is 6.89. The van der Waals surface area contributed by atoms with Crippen LogP contribution in [0.4, 0.5) is 0 Å². The maximum absolute atomic E-state index is 5.99. The summed E-state index contributed by atoms with van der Waals surface area (Å²) in [6, 6.07) is 4.01. The van der Waals surface area contributed by atoms with Crippen LogP contribution in [0.2, 0.25) is 0 Å². The zero-order chi connectivity index (χ0) is 15.3. The summed E-state index contributed by atoms with van der Waals surface area (Å²) in [5, 5.41) is 0.528. The Morgan fingerprint density at radius 1 is 1.29 bits per heavy atom. The molecular weight excluding hydrogens is 336 g/mol. The number of hydrogen-bond donors (Lipinski definition) is 0. The smallest absolute Gasteiger partial charge is 0.286 e. The molecule has 0 fully saturated rings. The molecule has 0 saturated heterocycles. The van der Waals surface area contributed by atoms with Gasteiger partial charge in [0.1, 0.15) is 17.6 Å². The van der Waals surface area contributed by atoms with Gasteiger partial charge in [-0.25, -0.2) is 0 Å². The summed E-state index contributed by atoms with van der Waals surface area (Å²) in [5.74, 6) is 1.45. The molecule has 0 bridgehead atoms. The van der Waals surface area contributed by atoms with Gasteiger partial charge in [0.25, 0.3) is 5.79 Å². The van der Waals surface area contributed by atoms with Gasteiger partial charge in [-0.2, -0.15) is 0 Å². The molecular formula is C16H19BrO4. The molecule has 2 aliphatic rings. The number of alkyl halides is 1. The van der Waals surface area contributed by atoms with E-state index in [1.807, 2.05) is 13.0 Å². The van der Waals surface area contributed by atoms with E-state index >= 15 is 0 Å². The molecule has 3 rings (SSSR count). The molecule has 114 valence electrons. The summed E-state index contributed by atoms with van der Waals surface area (Å²) in [6.07, 6.45) is 2.47. The molecule has 0 radical (unpaired) electrons. The van der Waals surface area contributed by atoms with Gasteiger partial charge in [-0.15, -0.1) is 0 Å². The molecule has 0 aromatic heterocycles. The summed E-state index contributed by atoms with van der Waals surface area (Å²) in [5.41, 5.74) is 1.82. The van der Waals surface area contributed by atoms with Crippen molar-refractivity contribution in [3.8, 4) is 11.5 Å². The van der Waals surface area contributed by atoms with E-state index in [0.717, 1.165) is 29.1 Å². The zero-order valence-corrected chi connectivity index (χ0v) is 14.2. The molecule has 1 atom stereocenters. The second kappa shape index (κ2) is 4.83. The van der Waals surface area contributed by atoms with Gasteiger partial charge in [-0.3, -0.25) is 0 Å². The van der Waals surface area contributed by atoms with E-state index in [2.05, 4.69) is 35.8 Å². The van der Waals surface area contributed by atoms with Gasteiger partial charge < -0.3 is 18.9 Å². The van der Waals surface area contributed by atoms with E-state index in [1.165, 1.54) is 0 Å². The lowest BCUT2D eigenvalue weighted by molar-refractivity contribution is -0.134. The van der Waals surface area contributed by atoms with Crippen LogP contribution in [0, 0.1) is 0 Å². The fourth-order valence-corrected chi connectivity index (χ4v) is 3.37. The quantitative estimate of drug-likeness (QED) is 0.772. The fourth-order valence-electron chi connectivity index (χ4n) is 2.80. The van der Waals surface area contributed by atoms with Gasteiger partial charge in [-0.1, -0.05) is 15.9 Å². The number of fused-ring (bicyclic) bond motifs is 1. The number of halogens is 1. The van der Waals surface area contributed by atoms with Crippen molar-refractivity contribution in [3.05, 3.63) is 35.3 Å². The Morgan fingerprint density at radius 2 is 2.05 bits per heavy atom. The molecule has 1 aromatic rings. The summed E-state index contributed by atoms with van der Waals surface area (Å²) >= 11 is 3.49. The SMILES string of the molecule is COc1cc(C2(CBr)OC=C(C)O2)cc2c1OC(C)(C)C2. The predicted molar refractivity (Wildman–Crippen MR) is 82.8 cm³/mol. The monoisotopic (exact) mass is 354 g/mol. The largest absolute Gasteiger partial charge is 0.493 e. The van der Waals surface area contributed by atoms with Crippen LogP contribution < -0.4 is 9.47 Å². The normalized spacial score (nSPS) is 25.5. The van der Waals surface area contributed by atoms with Crippen molar-refractivity contribution in [1.29, 1.82) is 0 Å². The second-order valence-electron chi connectivity index (χ2n) is 6.04. The van der Waals surface area contributed by atoms with Crippen LogP contribution in [0.1, 0.15) is 31.9 Å². The first-order chi connectivity index (χ1) is 9.89. The highest BCUT2D eigenvalue weighted by Gasteiger charge is 2.42. The molecule has 21 heavy (non-hydrogen) atoms. The van der Waals surface area contributed by atoms with Crippen molar-refractivity contribution in [3.63, 3.8) is 0 Å². The molecule has 5 heteroatoms. The number of allylic oxidation sites excluding steroid dienone is 1. The van der Waals surface area contributed by atoms with Gasteiger partial charge in [0.05, 0.1) is 12.4 Å². The molecule has 4 nitrogen and oxygen atoms in total. The van der Waals surface area contributed by atoms with Crippen molar-refractivity contribution in [2.75, 3.05) is 12.4 Å². The van der Waals surface area contributed by atoms with Crippen molar-refractivity contribution in [2.24, 2.45) is 0 Å². The lowest BCUT2D eigenvalue weighted by Gasteiger charge is -2.27. The number of ether oxygens (including phenoxy) is 4. The van der Waals surface area contributed by atoms with Crippen molar-refractivity contribution >= 4 is 15.9 Å². The minimum Gasteiger partial charge on any atom is -0.493 e. The molecule has 2 aliphatic heterocycles. The summed E-state index contributed by atoms with van der Waals surface area (Å²) in [4.78, 5) is 0. The van der Waals surface area contributed by atoms with Crippen LogP contribution in [0.25, 0.3) is 0 Å². The Kier molecular flexibility index (Phi) is 3.35. The van der Waals surface area contributed by atoms with E-state index in [1.54, 1.807) is 13.4 Å². The molecule has 0 aliphatic carbocycles. The average Bonchev–Trinajstić information content (AvgIpc) is 2.96. The standard InChI is InChI=1S/C16H19BrO4/c1-10-8-19-16(9-17,20-10)12-5-11-7-15(2,3)21-14(11)13(6-12)18-4/h5-6,8H,7,9H2,1-4H3. The maximum atomic E-state index is 5.99. The van der Waals surface area contributed by atoms with E-state index in [9.17, 15) is 0 Å². The fraction of sp³-hybridized carbons (Fsp3) is 0.500. The number of rotatable bonds is 3. The van der Waals surface area contributed by atoms with Gasteiger partial charge >= 0.3 is 0 Å². The Labute approximate surface area is 133 Å². The minimum absolute atomic E-state index is 0.221. The maximum Gasteiger partial charge on any atom is 0.286 e. The molecule has 1 unspecified atom stereocenters. The second-order valence-corrected chi connectivity index (χ2v) is 6.60. The molecule has 0 amide bonds. The number of hydrogen-bond acceptors (Lipinski definition) is 4. The third-order valence-electron chi connectivity index (χ3n) is 3.70. The van der Waals surface area contributed by atoms with E-state index in [0.29, 0.717) is 11.1 Å². The lowest BCUT2D eigenvalue weighted by atomic mass is 9.97. The summed E-state index contributed by atoms with van der Waals surface area (Å²) < 4.78 is 23.2. The third kappa shape index (κ3) is 2.37. The Morgan fingerprint density at radius 3 is 2.62 bits per heavy atom. The van der Waals surface area contributed by atoms with Gasteiger partial charge in [0.15, 0.2) is 11.5 Å². The molecule has 0 saturated carbocycles. The van der Waals surface area contributed by atoms with Gasteiger partial charge in [-0.05, 0) is 32.9 Å². The van der Waals surface area contributed by atoms with Crippen molar-refractivity contribution < 1.29 is 18.9 Å². The minimum atomic E-state index is -0.834. The third-order valence-corrected chi connectivity index (χ3v) is 4.44. The van der Waals surface area contributed by atoms with Gasteiger partial charge in [0, 0.05) is 17.5 Å². The van der Waals surface area contributed by atoms with Crippen LogP contribution in [0.15, 0.2) is 24.2 Å². The summed E-state index contributed by atoms with van der Waals surface area (Å²) in [7, 11) is 1.65. The molecule has 0 spiro atoms. The topological polar surface area (TPSA) is 36.9 Å². The number of methoxy groups -OCH3 is 1. The van der Waals surface area contributed by atoms with E-state index in [-0.39, 0.29) is 5.60 Å². The Hall–Kier alpha value is -1.36. The van der Waals surface area contributed by atoms with Crippen LogP contribution >= 0.6 is 15.9 Å². The lowest BCUT2D eigenvalue weighted by Crippen LogP contribution is -2.29. The van der Waals surface area contributed by atoms with Gasteiger partial charge in [0.2, 0.25) is 0 Å². The summed E-state index contributed by atoms with van der Waals surface area (Å²) in [6.45, 7) is 6.02. The predicted octanol–water partition coefficient (Wildman–Crippen LogP) is 3.86. The highest BCUT2D eigenvalue weighted by molar-refractivity contribution is 9.09. The van der Waals surface area contributed by atoms with E-state index < -0.39 is 5.79 Å². The molecule has 0 N–H and O–H groups in total. The van der Waals surface area contributed by atoms with Crippen LogP contribution in [0.5, 0.6) is 11.5 Å². The Balaban J connectivity index is 2.06. The molecule has 2 heterocycles. The average molecular weight is 355 g/mol. The van der Waals surface area contributed by atoms with Crippen molar-refractivity contribution in [2.45, 2.75) is 38.6 Å². The number of benzene rings is 1. The first kappa shape index (κ1) is 14.6. The Bertz CT molecular complexity index is 609. The van der Waals surface area contributed by atoms with Crippen molar-refractivity contribution in [1.82, 2.24) is 0 Å². The van der Waals surface area contributed by atoms with Crippen LogP contribution in [0.3, 0.4) is 0 Å². The van der Waals surface area contributed by atoms with Crippen LogP contribution in [-0.2, 0) is 21.7 Å². The highest BCUT2D eigenvalue weighted by Crippen LogP contribution is 2.46. The highest BCUT2D eigenvalue weighted by atomic mass is 79.9. The zero-order valence-electron chi connectivity index (χ0n) is 12.7. The van der Waals surface area contributed by atoms with E-state index in [4.69, 9.17) is 18.9 Å². The first-order valence-corrected chi connectivity index (χ1v) is 8.01. The van der Waals surface area contributed by atoms with Crippen LogP contribution in [-0.4, -0.2) is 18.0 Å². The molecule has 1 aromatic carbocycles.